The van der Waals surface area contributed by atoms with Gasteiger partial charge in [-0.2, -0.15) is 9.29 Å². The fourth-order valence-electron chi connectivity index (χ4n) is 3.70. The number of rotatable bonds is 9. The molecule has 1 amide bonds. The van der Waals surface area contributed by atoms with Crippen molar-refractivity contribution in [1.29, 1.82) is 0 Å². The maximum Gasteiger partial charge on any atom is 0.252 e. The molecule has 0 bridgehead atoms. The molecule has 1 saturated heterocycles. The Hall–Kier alpha value is -2.12. The molecule has 0 saturated carbocycles. The maximum absolute atomic E-state index is 12.8. The van der Waals surface area contributed by atoms with Crippen molar-refractivity contribution < 1.29 is 17.7 Å². The lowest BCUT2D eigenvalue weighted by Crippen LogP contribution is -2.48. The van der Waals surface area contributed by atoms with Crippen molar-refractivity contribution >= 4 is 43.2 Å². The summed E-state index contributed by atoms with van der Waals surface area (Å²) >= 11 is 4.54. The smallest absolute Gasteiger partial charge is 0.252 e. The van der Waals surface area contributed by atoms with Crippen LogP contribution >= 0.6 is 27.3 Å². The summed E-state index contributed by atoms with van der Waals surface area (Å²) in [4.78, 5) is 20.6. The lowest BCUT2D eigenvalue weighted by atomic mass is 10.2. The van der Waals surface area contributed by atoms with E-state index in [9.17, 15) is 13.2 Å². The van der Waals surface area contributed by atoms with Gasteiger partial charge in [0.1, 0.15) is 4.21 Å². The Balaban J connectivity index is 1.22. The molecule has 0 unspecified atom stereocenters. The molecule has 0 N–H and O–H groups in total. The van der Waals surface area contributed by atoms with E-state index in [1.165, 1.54) is 15.6 Å². The van der Waals surface area contributed by atoms with Gasteiger partial charge >= 0.3 is 0 Å². The average Bonchev–Trinajstić information content (AvgIpc) is 3.47. The number of halogens is 1. The Morgan fingerprint density at radius 1 is 1.15 bits per heavy atom. The first kappa shape index (κ1) is 25.0. The van der Waals surface area contributed by atoms with Crippen LogP contribution < -0.4 is 0 Å². The molecule has 1 aliphatic heterocycles. The molecule has 0 radical (unpaired) electrons. The second-order valence-electron chi connectivity index (χ2n) is 8.08. The standard InChI is InChI=1S/C22H26BrN5O4S2/c1-26(15-17-5-3-2-4-6-17)21(29)9-8-20-24-19(25-32-20)16-27-11-13-28(14-12-27)34(30,31)22-10-7-18(23)33-22/h2-7,10H,8-9,11-16H2,1H3. The van der Waals surface area contributed by atoms with Gasteiger partial charge in [-0.25, -0.2) is 8.42 Å². The van der Waals surface area contributed by atoms with Crippen LogP contribution in [0.2, 0.25) is 0 Å². The summed E-state index contributed by atoms with van der Waals surface area (Å²) in [5, 5.41) is 4.03. The van der Waals surface area contributed by atoms with Crippen molar-refractivity contribution in [3.63, 3.8) is 0 Å². The molecule has 182 valence electrons. The largest absolute Gasteiger partial charge is 0.341 e. The van der Waals surface area contributed by atoms with Gasteiger partial charge in [0.2, 0.25) is 11.8 Å². The zero-order valence-corrected chi connectivity index (χ0v) is 22.0. The molecular formula is C22H26BrN5O4S2. The normalized spacial score (nSPS) is 15.5. The Kier molecular flexibility index (Phi) is 8.14. The van der Waals surface area contributed by atoms with Crippen LogP contribution in [-0.2, 0) is 34.3 Å². The van der Waals surface area contributed by atoms with Gasteiger partial charge in [-0.1, -0.05) is 35.5 Å². The summed E-state index contributed by atoms with van der Waals surface area (Å²) in [7, 11) is -1.68. The number of carbonyl (C=O) groups is 1. The number of aromatic nitrogens is 2. The predicted molar refractivity (Wildman–Crippen MR) is 132 cm³/mol. The molecule has 12 heteroatoms. The van der Waals surface area contributed by atoms with Gasteiger partial charge in [-0.3, -0.25) is 9.69 Å². The summed E-state index contributed by atoms with van der Waals surface area (Å²) in [6.45, 7) is 3.01. The van der Waals surface area contributed by atoms with E-state index in [1.54, 1.807) is 24.1 Å². The van der Waals surface area contributed by atoms with Gasteiger partial charge in [0, 0.05) is 52.6 Å². The summed E-state index contributed by atoms with van der Waals surface area (Å²) in [5.74, 6) is 0.984. The minimum atomic E-state index is -3.47. The second kappa shape index (κ2) is 11.1. The minimum absolute atomic E-state index is 0.0127. The van der Waals surface area contributed by atoms with Crippen molar-refractivity contribution in [2.75, 3.05) is 33.2 Å². The zero-order valence-electron chi connectivity index (χ0n) is 18.8. The van der Waals surface area contributed by atoms with E-state index in [0.717, 1.165) is 9.35 Å². The predicted octanol–water partition coefficient (Wildman–Crippen LogP) is 2.99. The van der Waals surface area contributed by atoms with Crippen LogP contribution in [0.5, 0.6) is 0 Å². The fourth-order valence-corrected chi connectivity index (χ4v) is 7.28. The highest BCUT2D eigenvalue weighted by Crippen LogP contribution is 2.29. The van der Waals surface area contributed by atoms with Crippen LogP contribution in [0.4, 0.5) is 0 Å². The second-order valence-corrected chi connectivity index (χ2v) is 12.7. The number of hydrogen-bond donors (Lipinski definition) is 0. The Morgan fingerprint density at radius 2 is 1.88 bits per heavy atom. The number of aryl methyl sites for hydroxylation is 1. The molecule has 1 fully saturated rings. The van der Waals surface area contributed by atoms with Crippen LogP contribution in [0.25, 0.3) is 0 Å². The number of nitrogens with zero attached hydrogens (tertiary/aromatic N) is 5. The number of benzene rings is 1. The molecule has 3 aromatic rings. The number of sulfonamides is 1. The van der Waals surface area contributed by atoms with Gasteiger partial charge in [-0.05, 0) is 33.6 Å². The first-order valence-electron chi connectivity index (χ1n) is 10.9. The van der Waals surface area contributed by atoms with E-state index in [0.29, 0.717) is 68.0 Å². The van der Waals surface area contributed by atoms with Gasteiger partial charge in [0.15, 0.2) is 5.82 Å². The zero-order chi connectivity index (χ0) is 24.1. The van der Waals surface area contributed by atoms with Gasteiger partial charge in [0.25, 0.3) is 10.0 Å². The first-order valence-corrected chi connectivity index (χ1v) is 13.9. The van der Waals surface area contributed by atoms with Crippen LogP contribution in [0.1, 0.15) is 23.7 Å². The minimum Gasteiger partial charge on any atom is -0.341 e. The molecule has 2 aromatic heterocycles. The number of amides is 1. The highest BCUT2D eigenvalue weighted by molar-refractivity contribution is 9.11. The van der Waals surface area contributed by atoms with Crippen molar-refractivity contribution in [2.24, 2.45) is 0 Å². The monoisotopic (exact) mass is 567 g/mol. The Labute approximate surface area is 211 Å². The quantitative estimate of drug-likeness (QED) is 0.391. The summed E-state index contributed by atoms with van der Waals surface area (Å²) in [6, 6.07) is 13.2. The maximum atomic E-state index is 12.8. The number of piperazine rings is 1. The third-order valence-electron chi connectivity index (χ3n) is 5.59. The summed E-state index contributed by atoms with van der Waals surface area (Å²) in [6.07, 6.45) is 0.674. The van der Waals surface area contributed by atoms with E-state index >= 15 is 0 Å². The van der Waals surface area contributed by atoms with Gasteiger partial charge in [0.05, 0.1) is 10.3 Å². The lowest BCUT2D eigenvalue weighted by molar-refractivity contribution is -0.130. The average molecular weight is 569 g/mol. The highest BCUT2D eigenvalue weighted by atomic mass is 79.9. The SMILES string of the molecule is CN(Cc1ccccc1)C(=O)CCc1nc(CN2CCN(S(=O)(=O)c3ccc(Br)s3)CC2)no1. The third kappa shape index (κ3) is 6.30. The van der Waals surface area contributed by atoms with E-state index < -0.39 is 10.0 Å². The van der Waals surface area contributed by atoms with E-state index in [1.807, 2.05) is 30.3 Å². The first-order chi connectivity index (χ1) is 16.3. The van der Waals surface area contributed by atoms with E-state index in [-0.39, 0.29) is 5.91 Å². The summed E-state index contributed by atoms with van der Waals surface area (Å²) in [5.41, 5.74) is 1.08. The molecule has 0 aliphatic carbocycles. The van der Waals surface area contributed by atoms with Crippen molar-refractivity contribution in [2.45, 2.75) is 30.1 Å². The molecular weight excluding hydrogens is 542 g/mol. The number of carbonyl (C=O) groups excluding carboxylic acids is 1. The van der Waals surface area contributed by atoms with Crippen LogP contribution in [0.15, 0.2) is 55.0 Å². The van der Waals surface area contributed by atoms with E-state index in [4.69, 9.17) is 4.52 Å². The molecule has 1 aromatic carbocycles. The van der Waals surface area contributed by atoms with Crippen LogP contribution in [0, 0.1) is 0 Å². The topological polar surface area (TPSA) is 99.9 Å². The van der Waals surface area contributed by atoms with Gasteiger partial charge in [-0.15, -0.1) is 11.3 Å². The van der Waals surface area contributed by atoms with Crippen molar-refractivity contribution in [3.05, 3.63) is 63.5 Å². The summed E-state index contributed by atoms with van der Waals surface area (Å²) < 4.78 is 33.5. The van der Waals surface area contributed by atoms with Crippen molar-refractivity contribution in [1.82, 2.24) is 24.2 Å². The lowest BCUT2D eigenvalue weighted by Gasteiger charge is -2.32. The Bertz CT molecular complexity index is 1210. The number of hydrogen-bond acceptors (Lipinski definition) is 8. The molecule has 9 nitrogen and oxygen atoms in total. The van der Waals surface area contributed by atoms with E-state index in [2.05, 4.69) is 31.0 Å². The molecule has 0 spiro atoms. The fraction of sp³-hybridized carbons (Fsp3) is 0.409. The molecule has 0 atom stereocenters. The van der Waals surface area contributed by atoms with Crippen LogP contribution in [-0.4, -0.2) is 71.8 Å². The third-order valence-corrected chi connectivity index (χ3v) is 9.58. The Morgan fingerprint density at radius 3 is 2.56 bits per heavy atom. The van der Waals surface area contributed by atoms with Crippen LogP contribution in [0.3, 0.4) is 0 Å². The molecule has 1 aliphatic rings. The van der Waals surface area contributed by atoms with Crippen molar-refractivity contribution in [3.8, 4) is 0 Å². The molecule has 3 heterocycles. The highest BCUT2D eigenvalue weighted by Gasteiger charge is 2.30. The van der Waals surface area contributed by atoms with Gasteiger partial charge < -0.3 is 9.42 Å². The molecule has 34 heavy (non-hydrogen) atoms. The molecule has 4 rings (SSSR count). The number of thiophene rings is 1.